The van der Waals surface area contributed by atoms with Crippen molar-refractivity contribution in [3.63, 3.8) is 0 Å². The van der Waals surface area contributed by atoms with Crippen LogP contribution in [0.1, 0.15) is 11.1 Å². The quantitative estimate of drug-likeness (QED) is 0.897. The predicted molar refractivity (Wildman–Crippen MR) is 67.4 cm³/mol. The summed E-state index contributed by atoms with van der Waals surface area (Å²) in [5.41, 5.74) is 5.51. The summed E-state index contributed by atoms with van der Waals surface area (Å²) in [6, 6.07) is 8.69. The molecule has 3 nitrogen and oxygen atoms in total. The largest absolute Gasteiger partial charge is 0.416 e. The van der Waals surface area contributed by atoms with Crippen LogP contribution in [0.3, 0.4) is 0 Å². The lowest BCUT2D eigenvalue weighted by Gasteiger charge is -2.13. The number of hydrogen-bond acceptors (Lipinski definition) is 3. The van der Waals surface area contributed by atoms with Crippen molar-refractivity contribution < 1.29 is 13.2 Å². The van der Waals surface area contributed by atoms with Crippen LogP contribution in [0.2, 0.25) is 0 Å². The van der Waals surface area contributed by atoms with Crippen molar-refractivity contribution in [2.45, 2.75) is 12.7 Å². The van der Waals surface area contributed by atoms with Crippen LogP contribution < -0.4 is 11.1 Å². The molecule has 0 fully saturated rings. The van der Waals surface area contributed by atoms with Crippen molar-refractivity contribution in [2.75, 3.05) is 11.1 Å². The highest BCUT2D eigenvalue weighted by atomic mass is 19.4. The van der Waals surface area contributed by atoms with E-state index in [1.165, 1.54) is 18.3 Å². The van der Waals surface area contributed by atoms with Crippen LogP contribution in [0.5, 0.6) is 0 Å². The van der Waals surface area contributed by atoms with Crippen molar-refractivity contribution in [3.05, 3.63) is 53.7 Å². The second-order valence-corrected chi connectivity index (χ2v) is 3.99. The molecule has 100 valence electrons. The van der Waals surface area contributed by atoms with Crippen LogP contribution in [0.15, 0.2) is 42.6 Å². The van der Waals surface area contributed by atoms with Gasteiger partial charge in [0.2, 0.25) is 0 Å². The van der Waals surface area contributed by atoms with Gasteiger partial charge in [0.05, 0.1) is 17.4 Å². The number of hydrogen-bond donors (Lipinski definition) is 2. The lowest BCUT2D eigenvalue weighted by molar-refractivity contribution is -0.138. The smallest absolute Gasteiger partial charge is 0.397 e. The molecule has 0 radical (unpaired) electrons. The standard InChI is InChI=1S/C13H12F3N3/c14-13(15,16)11-4-2-1-3-9(11)7-18-12-6-5-10(17)8-19-12/h1-6,8H,7,17H2,(H,18,19). The zero-order valence-corrected chi connectivity index (χ0v) is 9.91. The molecule has 0 aliphatic rings. The number of alkyl halides is 3. The molecule has 1 heterocycles. The maximum atomic E-state index is 12.8. The molecule has 0 aliphatic heterocycles. The Morgan fingerprint density at radius 2 is 1.84 bits per heavy atom. The Labute approximate surface area is 108 Å². The molecule has 3 N–H and O–H groups in total. The molecule has 2 aromatic rings. The Morgan fingerprint density at radius 1 is 1.11 bits per heavy atom. The van der Waals surface area contributed by atoms with E-state index in [0.29, 0.717) is 11.5 Å². The van der Waals surface area contributed by atoms with Gasteiger partial charge in [-0.15, -0.1) is 0 Å². The molecular formula is C13H12F3N3. The number of halogens is 3. The summed E-state index contributed by atoms with van der Waals surface area (Å²) >= 11 is 0. The van der Waals surface area contributed by atoms with Crippen LogP contribution in [0.4, 0.5) is 24.7 Å². The van der Waals surface area contributed by atoms with Crippen LogP contribution in [0.25, 0.3) is 0 Å². The molecule has 1 aromatic carbocycles. The van der Waals surface area contributed by atoms with Crippen molar-refractivity contribution in [2.24, 2.45) is 0 Å². The molecule has 0 spiro atoms. The maximum absolute atomic E-state index is 12.8. The number of nitrogens with zero attached hydrogens (tertiary/aromatic N) is 1. The van der Waals surface area contributed by atoms with E-state index in [4.69, 9.17) is 5.73 Å². The normalized spacial score (nSPS) is 11.3. The fraction of sp³-hybridized carbons (Fsp3) is 0.154. The molecule has 0 bridgehead atoms. The molecule has 0 unspecified atom stereocenters. The van der Waals surface area contributed by atoms with Gasteiger partial charge >= 0.3 is 6.18 Å². The summed E-state index contributed by atoms with van der Waals surface area (Å²) in [7, 11) is 0. The number of anilines is 2. The average Bonchev–Trinajstić information content (AvgIpc) is 2.37. The summed E-state index contributed by atoms with van der Waals surface area (Å²) in [6.45, 7) is 0.0482. The molecule has 6 heteroatoms. The van der Waals surface area contributed by atoms with E-state index in [9.17, 15) is 13.2 Å². The number of aromatic nitrogens is 1. The number of nitrogens with one attached hydrogen (secondary N) is 1. The first-order valence-electron chi connectivity index (χ1n) is 5.57. The van der Waals surface area contributed by atoms with Crippen LogP contribution in [0, 0.1) is 0 Å². The monoisotopic (exact) mass is 267 g/mol. The Bertz CT molecular complexity index is 550. The van der Waals surface area contributed by atoms with Crippen molar-refractivity contribution in [3.8, 4) is 0 Å². The minimum Gasteiger partial charge on any atom is -0.397 e. The van der Waals surface area contributed by atoms with Crippen molar-refractivity contribution >= 4 is 11.5 Å². The van der Waals surface area contributed by atoms with Crippen LogP contribution >= 0.6 is 0 Å². The Balaban J connectivity index is 2.14. The highest BCUT2D eigenvalue weighted by Crippen LogP contribution is 2.32. The zero-order valence-electron chi connectivity index (χ0n) is 9.91. The summed E-state index contributed by atoms with van der Waals surface area (Å²) in [5, 5.41) is 2.83. The highest BCUT2D eigenvalue weighted by molar-refractivity contribution is 5.44. The second-order valence-electron chi connectivity index (χ2n) is 3.99. The number of benzene rings is 1. The van der Waals surface area contributed by atoms with E-state index in [1.54, 1.807) is 18.2 Å². The SMILES string of the molecule is Nc1ccc(NCc2ccccc2C(F)(F)F)nc1. The highest BCUT2D eigenvalue weighted by Gasteiger charge is 2.32. The van der Waals surface area contributed by atoms with Gasteiger partial charge in [0, 0.05) is 6.54 Å². The van der Waals surface area contributed by atoms with Crippen molar-refractivity contribution in [1.29, 1.82) is 0 Å². The number of pyridine rings is 1. The third kappa shape index (κ3) is 3.37. The molecule has 0 saturated carbocycles. The number of rotatable bonds is 3. The van der Waals surface area contributed by atoms with E-state index in [0.717, 1.165) is 6.07 Å². The summed E-state index contributed by atoms with van der Waals surface area (Å²) < 4.78 is 38.3. The first kappa shape index (κ1) is 13.2. The fourth-order valence-corrected chi connectivity index (χ4v) is 1.65. The number of nitrogens with two attached hydrogens (primary N) is 1. The topological polar surface area (TPSA) is 50.9 Å². The Morgan fingerprint density at radius 3 is 2.47 bits per heavy atom. The van der Waals surface area contributed by atoms with Gasteiger partial charge in [-0.1, -0.05) is 18.2 Å². The van der Waals surface area contributed by atoms with Gasteiger partial charge in [-0.05, 0) is 23.8 Å². The third-order valence-electron chi connectivity index (χ3n) is 2.57. The molecule has 0 saturated heterocycles. The van der Waals surface area contributed by atoms with E-state index in [-0.39, 0.29) is 12.1 Å². The molecule has 0 amide bonds. The predicted octanol–water partition coefficient (Wildman–Crippen LogP) is 3.29. The van der Waals surface area contributed by atoms with Gasteiger partial charge in [-0.3, -0.25) is 0 Å². The zero-order chi connectivity index (χ0) is 13.9. The van der Waals surface area contributed by atoms with Gasteiger partial charge in [0.15, 0.2) is 0 Å². The minimum absolute atomic E-state index is 0.0482. The van der Waals surface area contributed by atoms with Gasteiger partial charge in [-0.25, -0.2) is 4.98 Å². The lowest BCUT2D eigenvalue weighted by atomic mass is 10.1. The lowest BCUT2D eigenvalue weighted by Crippen LogP contribution is -2.12. The molecule has 1 aromatic heterocycles. The van der Waals surface area contributed by atoms with E-state index >= 15 is 0 Å². The first-order chi connectivity index (χ1) is 8.97. The fourth-order valence-electron chi connectivity index (χ4n) is 1.65. The molecular weight excluding hydrogens is 255 g/mol. The van der Waals surface area contributed by atoms with Crippen LogP contribution in [-0.2, 0) is 12.7 Å². The average molecular weight is 267 g/mol. The van der Waals surface area contributed by atoms with E-state index < -0.39 is 11.7 Å². The summed E-state index contributed by atoms with van der Waals surface area (Å²) in [6.07, 6.45) is -2.91. The van der Waals surface area contributed by atoms with Gasteiger partial charge in [-0.2, -0.15) is 13.2 Å². The van der Waals surface area contributed by atoms with E-state index in [1.807, 2.05) is 0 Å². The van der Waals surface area contributed by atoms with Gasteiger partial charge in [0.1, 0.15) is 5.82 Å². The van der Waals surface area contributed by atoms with E-state index in [2.05, 4.69) is 10.3 Å². The van der Waals surface area contributed by atoms with Crippen LogP contribution in [-0.4, -0.2) is 4.98 Å². The molecule has 19 heavy (non-hydrogen) atoms. The first-order valence-corrected chi connectivity index (χ1v) is 5.57. The summed E-state index contributed by atoms with van der Waals surface area (Å²) in [4.78, 5) is 3.97. The minimum atomic E-state index is -4.35. The third-order valence-corrected chi connectivity index (χ3v) is 2.57. The second kappa shape index (κ2) is 5.17. The van der Waals surface area contributed by atoms with Crippen molar-refractivity contribution in [1.82, 2.24) is 4.98 Å². The molecule has 0 aliphatic carbocycles. The molecule has 2 rings (SSSR count). The number of nitrogen functional groups attached to an aromatic ring is 1. The van der Waals surface area contributed by atoms with Gasteiger partial charge in [0.25, 0.3) is 0 Å². The Hall–Kier alpha value is -2.24. The molecule has 0 atom stereocenters. The maximum Gasteiger partial charge on any atom is 0.416 e. The summed E-state index contributed by atoms with van der Waals surface area (Å²) in [5.74, 6) is 0.478. The van der Waals surface area contributed by atoms with Gasteiger partial charge < -0.3 is 11.1 Å². The Kier molecular flexibility index (Phi) is 3.59.